The van der Waals surface area contributed by atoms with Crippen molar-refractivity contribution in [3.05, 3.63) is 34.5 Å². The molecule has 4 heterocycles. The van der Waals surface area contributed by atoms with Gasteiger partial charge in [0.1, 0.15) is 5.58 Å². The van der Waals surface area contributed by atoms with E-state index in [1.54, 1.807) is 0 Å². The lowest BCUT2D eigenvalue weighted by Gasteiger charge is -2.44. The molecule has 4 heteroatoms. The maximum atomic E-state index is 12.5. The fourth-order valence-electron chi connectivity index (χ4n) is 3.81. The highest BCUT2D eigenvalue weighted by molar-refractivity contribution is 9.10. The SMILES string of the molecule is O=C(C[C@@H]1CN2CCC1CC2)c1cc2cc(Br)ccc2o1. The fraction of sp³-hybridized carbons (Fsp3) is 0.471. The maximum Gasteiger partial charge on any atom is 0.198 e. The summed E-state index contributed by atoms with van der Waals surface area (Å²) in [6.45, 7) is 3.52. The quantitative estimate of drug-likeness (QED) is 0.783. The number of hydrogen-bond donors (Lipinski definition) is 0. The predicted octanol–water partition coefficient (Wildman–Crippen LogP) is 4.11. The van der Waals surface area contributed by atoms with Crippen LogP contribution >= 0.6 is 15.9 Å². The number of nitrogens with zero attached hydrogens (tertiary/aromatic N) is 1. The number of benzene rings is 1. The van der Waals surface area contributed by atoms with Gasteiger partial charge in [-0.15, -0.1) is 0 Å². The lowest BCUT2D eigenvalue weighted by molar-refractivity contribution is 0.0433. The molecular formula is C17H18BrNO2. The van der Waals surface area contributed by atoms with Crippen LogP contribution in [-0.4, -0.2) is 30.3 Å². The van der Waals surface area contributed by atoms with Crippen molar-refractivity contribution >= 4 is 32.7 Å². The molecule has 1 aromatic carbocycles. The molecule has 0 aliphatic carbocycles. The summed E-state index contributed by atoms with van der Waals surface area (Å²) in [5.74, 6) is 1.91. The molecule has 3 aliphatic heterocycles. The van der Waals surface area contributed by atoms with E-state index in [2.05, 4.69) is 20.8 Å². The topological polar surface area (TPSA) is 33.5 Å². The lowest BCUT2D eigenvalue weighted by Crippen LogP contribution is -2.47. The number of halogens is 1. The van der Waals surface area contributed by atoms with Crippen LogP contribution in [0.1, 0.15) is 29.8 Å². The molecule has 1 atom stereocenters. The van der Waals surface area contributed by atoms with Crippen LogP contribution in [0, 0.1) is 11.8 Å². The summed E-state index contributed by atoms with van der Waals surface area (Å²) in [5, 5.41) is 0.988. The summed E-state index contributed by atoms with van der Waals surface area (Å²) in [6, 6.07) is 7.71. The Bertz CT molecular complexity index is 685. The van der Waals surface area contributed by atoms with E-state index in [1.165, 1.54) is 25.9 Å². The Labute approximate surface area is 132 Å². The minimum absolute atomic E-state index is 0.154. The number of hydrogen-bond acceptors (Lipinski definition) is 3. The van der Waals surface area contributed by atoms with E-state index in [-0.39, 0.29) is 5.78 Å². The zero-order valence-corrected chi connectivity index (χ0v) is 13.4. The molecule has 2 aromatic rings. The van der Waals surface area contributed by atoms with Gasteiger partial charge in [0.15, 0.2) is 11.5 Å². The fourth-order valence-corrected chi connectivity index (χ4v) is 4.19. The number of carbonyl (C=O) groups is 1. The standard InChI is InChI=1S/C17H18BrNO2/c18-14-1-2-16-12(7-14)9-17(21-16)15(20)8-13-10-19-5-3-11(13)4-6-19/h1-2,7,9,11,13H,3-6,8,10H2/t13-/m1/s1. The van der Waals surface area contributed by atoms with Crippen LogP contribution in [0.4, 0.5) is 0 Å². The van der Waals surface area contributed by atoms with E-state index in [1.807, 2.05) is 24.3 Å². The molecule has 0 N–H and O–H groups in total. The first-order valence-electron chi connectivity index (χ1n) is 7.64. The highest BCUT2D eigenvalue weighted by Crippen LogP contribution is 2.35. The molecule has 3 fully saturated rings. The van der Waals surface area contributed by atoms with Gasteiger partial charge in [0, 0.05) is 22.8 Å². The molecule has 3 saturated heterocycles. The van der Waals surface area contributed by atoms with Crippen LogP contribution in [-0.2, 0) is 0 Å². The first kappa shape index (κ1) is 13.5. The van der Waals surface area contributed by atoms with Gasteiger partial charge < -0.3 is 9.32 Å². The number of carbonyl (C=O) groups excluding carboxylic acids is 1. The second-order valence-electron chi connectivity index (χ2n) is 6.32. The van der Waals surface area contributed by atoms with Crippen LogP contribution in [0.3, 0.4) is 0 Å². The minimum Gasteiger partial charge on any atom is -0.453 e. The molecule has 0 amide bonds. The molecule has 110 valence electrons. The van der Waals surface area contributed by atoms with Crippen molar-refractivity contribution in [2.24, 2.45) is 11.8 Å². The number of rotatable bonds is 3. The highest BCUT2D eigenvalue weighted by atomic mass is 79.9. The number of Topliss-reactive ketones (excluding diaryl/α,β-unsaturated/α-hetero) is 1. The lowest BCUT2D eigenvalue weighted by atomic mass is 9.76. The normalized spacial score (nSPS) is 28.1. The van der Waals surface area contributed by atoms with Crippen molar-refractivity contribution < 1.29 is 9.21 Å². The molecule has 1 aromatic heterocycles. The van der Waals surface area contributed by atoms with Crippen molar-refractivity contribution in [2.75, 3.05) is 19.6 Å². The smallest absolute Gasteiger partial charge is 0.198 e. The van der Waals surface area contributed by atoms with Crippen molar-refractivity contribution in [3.63, 3.8) is 0 Å². The largest absolute Gasteiger partial charge is 0.453 e. The Kier molecular flexibility index (Phi) is 3.38. The van der Waals surface area contributed by atoms with E-state index in [9.17, 15) is 4.79 Å². The first-order chi connectivity index (χ1) is 10.2. The summed E-state index contributed by atoms with van der Waals surface area (Å²) >= 11 is 3.45. The Morgan fingerprint density at radius 2 is 2.10 bits per heavy atom. The van der Waals surface area contributed by atoms with E-state index >= 15 is 0 Å². The Morgan fingerprint density at radius 1 is 1.29 bits per heavy atom. The molecule has 3 aliphatic rings. The average Bonchev–Trinajstić information content (AvgIpc) is 2.91. The molecule has 0 saturated carbocycles. The van der Waals surface area contributed by atoms with Crippen LogP contribution in [0.5, 0.6) is 0 Å². The number of fused-ring (bicyclic) bond motifs is 4. The Morgan fingerprint density at radius 3 is 2.81 bits per heavy atom. The van der Waals surface area contributed by atoms with Gasteiger partial charge in [-0.25, -0.2) is 0 Å². The molecule has 0 radical (unpaired) electrons. The van der Waals surface area contributed by atoms with Gasteiger partial charge >= 0.3 is 0 Å². The molecular weight excluding hydrogens is 330 g/mol. The van der Waals surface area contributed by atoms with Crippen LogP contribution in [0.25, 0.3) is 11.0 Å². The van der Waals surface area contributed by atoms with Gasteiger partial charge in [-0.1, -0.05) is 15.9 Å². The van der Waals surface area contributed by atoms with Gasteiger partial charge in [0.25, 0.3) is 0 Å². The van der Waals surface area contributed by atoms with E-state index in [0.717, 1.165) is 27.9 Å². The van der Waals surface area contributed by atoms with Crippen molar-refractivity contribution in [2.45, 2.75) is 19.3 Å². The number of furan rings is 1. The first-order valence-corrected chi connectivity index (χ1v) is 8.43. The third-order valence-electron chi connectivity index (χ3n) is 4.99. The molecule has 0 unspecified atom stereocenters. The molecule has 5 rings (SSSR count). The van der Waals surface area contributed by atoms with Crippen LogP contribution in [0.2, 0.25) is 0 Å². The number of ketones is 1. The Hall–Kier alpha value is -1.13. The van der Waals surface area contributed by atoms with Gasteiger partial charge in [-0.05, 0) is 62.0 Å². The van der Waals surface area contributed by atoms with Crippen LogP contribution in [0.15, 0.2) is 33.2 Å². The van der Waals surface area contributed by atoms with E-state index < -0.39 is 0 Å². The average molecular weight is 348 g/mol. The van der Waals surface area contributed by atoms with Gasteiger partial charge in [-0.2, -0.15) is 0 Å². The zero-order valence-electron chi connectivity index (χ0n) is 11.8. The van der Waals surface area contributed by atoms with Gasteiger partial charge in [0.2, 0.25) is 0 Å². The summed E-state index contributed by atoms with van der Waals surface area (Å²) < 4.78 is 6.73. The summed E-state index contributed by atoms with van der Waals surface area (Å²) in [4.78, 5) is 15.0. The Balaban J connectivity index is 1.53. The zero-order chi connectivity index (χ0) is 14.4. The van der Waals surface area contributed by atoms with Crippen molar-refractivity contribution in [3.8, 4) is 0 Å². The second-order valence-corrected chi connectivity index (χ2v) is 7.23. The van der Waals surface area contributed by atoms with Gasteiger partial charge in [0.05, 0.1) is 0 Å². The number of piperidine rings is 3. The van der Waals surface area contributed by atoms with Gasteiger partial charge in [-0.3, -0.25) is 4.79 Å². The predicted molar refractivity (Wildman–Crippen MR) is 85.5 cm³/mol. The summed E-state index contributed by atoms with van der Waals surface area (Å²) in [5.41, 5.74) is 0.787. The molecule has 21 heavy (non-hydrogen) atoms. The highest BCUT2D eigenvalue weighted by Gasteiger charge is 2.35. The third-order valence-corrected chi connectivity index (χ3v) is 5.49. The second kappa shape index (κ2) is 5.25. The molecule has 3 nitrogen and oxygen atoms in total. The van der Waals surface area contributed by atoms with E-state index in [0.29, 0.717) is 18.1 Å². The molecule has 2 bridgehead atoms. The van der Waals surface area contributed by atoms with Crippen molar-refractivity contribution in [1.82, 2.24) is 4.90 Å². The summed E-state index contributed by atoms with van der Waals surface area (Å²) in [7, 11) is 0. The maximum absolute atomic E-state index is 12.5. The van der Waals surface area contributed by atoms with Crippen LogP contribution < -0.4 is 0 Å². The molecule has 0 spiro atoms. The summed E-state index contributed by atoms with van der Waals surface area (Å²) in [6.07, 6.45) is 3.14. The third kappa shape index (κ3) is 2.55. The van der Waals surface area contributed by atoms with Crippen molar-refractivity contribution in [1.29, 1.82) is 0 Å². The minimum atomic E-state index is 0.154. The monoisotopic (exact) mass is 347 g/mol. The van der Waals surface area contributed by atoms with E-state index in [4.69, 9.17) is 4.42 Å².